The van der Waals surface area contributed by atoms with Crippen LogP contribution in [0, 0.1) is 0 Å². The minimum absolute atomic E-state index is 0.174. The summed E-state index contributed by atoms with van der Waals surface area (Å²) in [5.41, 5.74) is 1.23. The number of hydrogen-bond donors (Lipinski definition) is 2. The van der Waals surface area contributed by atoms with Crippen molar-refractivity contribution in [2.24, 2.45) is 0 Å². The topological polar surface area (TPSA) is 103 Å². The Morgan fingerprint density at radius 2 is 1.93 bits per heavy atom. The number of rotatable bonds is 7. The minimum atomic E-state index is -0.709. The van der Waals surface area contributed by atoms with E-state index in [0.29, 0.717) is 17.1 Å². The van der Waals surface area contributed by atoms with Gasteiger partial charge in [-0.2, -0.15) is 0 Å². The average molecular weight is 463 g/mol. The molecule has 2 aromatic rings. The number of amides is 2. The second kappa shape index (κ2) is 9.42. The van der Waals surface area contributed by atoms with E-state index in [2.05, 4.69) is 26.6 Å². The number of hydrogen-bond acceptors (Lipinski definition) is 6. The van der Waals surface area contributed by atoms with Gasteiger partial charge in [0.15, 0.2) is 18.1 Å². The molecule has 0 spiro atoms. The monoisotopic (exact) mass is 462 g/mol. The van der Waals surface area contributed by atoms with Gasteiger partial charge in [-0.25, -0.2) is 0 Å². The summed E-state index contributed by atoms with van der Waals surface area (Å²) in [6, 6.07) is 11.8. The number of nitrogens with one attached hydrogen (secondary N) is 2. The third kappa shape index (κ3) is 5.71. The van der Waals surface area contributed by atoms with E-state index < -0.39 is 24.4 Å². The highest BCUT2D eigenvalue weighted by Gasteiger charge is 2.17. The first-order valence-corrected chi connectivity index (χ1v) is 9.60. The molecule has 0 aliphatic carbocycles. The third-order valence-corrected chi connectivity index (χ3v) is 4.61. The molecule has 152 valence electrons. The molecule has 0 saturated carbocycles. The summed E-state index contributed by atoms with van der Waals surface area (Å²) in [5, 5.41) is 5.18. The van der Waals surface area contributed by atoms with Gasteiger partial charge in [0.25, 0.3) is 11.8 Å². The third-order valence-electron chi connectivity index (χ3n) is 4.12. The summed E-state index contributed by atoms with van der Waals surface area (Å²) in [5.74, 6) is -0.299. The van der Waals surface area contributed by atoms with E-state index in [1.807, 2.05) is 6.07 Å². The molecule has 0 unspecified atom stereocenters. The van der Waals surface area contributed by atoms with E-state index in [-0.39, 0.29) is 19.4 Å². The summed E-state index contributed by atoms with van der Waals surface area (Å²) in [6.45, 7) is 1.19. The molecule has 0 bridgehead atoms. The lowest BCUT2D eigenvalue weighted by Gasteiger charge is -2.15. The molecule has 0 fully saturated rings. The molecule has 1 heterocycles. The van der Waals surface area contributed by atoms with E-state index in [9.17, 15) is 14.4 Å². The number of esters is 1. The lowest BCUT2D eigenvalue weighted by atomic mass is 10.1. The first-order valence-electron chi connectivity index (χ1n) is 8.80. The Hall–Kier alpha value is -3.07. The second-order valence-electron chi connectivity index (χ2n) is 6.26. The van der Waals surface area contributed by atoms with Gasteiger partial charge in [0, 0.05) is 10.0 Å². The molecular formula is C20H19BrN2O6. The smallest absolute Gasteiger partial charge is 0.325 e. The lowest BCUT2D eigenvalue weighted by Crippen LogP contribution is -2.34. The van der Waals surface area contributed by atoms with E-state index in [4.69, 9.17) is 14.2 Å². The normalized spacial score (nSPS) is 12.8. The fourth-order valence-electron chi connectivity index (χ4n) is 2.63. The molecule has 1 aliphatic heterocycles. The molecule has 1 atom stereocenters. The predicted octanol–water partition coefficient (Wildman–Crippen LogP) is 2.33. The maximum atomic E-state index is 12.0. The minimum Gasteiger partial charge on any atom is -0.454 e. The van der Waals surface area contributed by atoms with Crippen molar-refractivity contribution < 1.29 is 28.6 Å². The second-order valence-corrected chi connectivity index (χ2v) is 7.17. The van der Waals surface area contributed by atoms with Gasteiger partial charge in [-0.3, -0.25) is 14.4 Å². The van der Waals surface area contributed by atoms with E-state index >= 15 is 0 Å². The van der Waals surface area contributed by atoms with Crippen LogP contribution in [0.3, 0.4) is 0 Å². The number of benzene rings is 2. The molecule has 2 aromatic carbocycles. The van der Waals surface area contributed by atoms with Crippen molar-refractivity contribution in [1.29, 1.82) is 0 Å². The van der Waals surface area contributed by atoms with Crippen LogP contribution in [0.2, 0.25) is 0 Å². The molecule has 0 aromatic heterocycles. The molecule has 9 heteroatoms. The van der Waals surface area contributed by atoms with E-state index in [1.54, 1.807) is 43.3 Å². The van der Waals surface area contributed by atoms with Crippen molar-refractivity contribution in [2.45, 2.75) is 13.0 Å². The summed E-state index contributed by atoms with van der Waals surface area (Å²) in [4.78, 5) is 35.8. The molecule has 2 amide bonds. The Morgan fingerprint density at radius 3 is 2.72 bits per heavy atom. The van der Waals surface area contributed by atoms with Gasteiger partial charge >= 0.3 is 5.97 Å². The molecule has 8 nitrogen and oxygen atoms in total. The quantitative estimate of drug-likeness (QED) is 0.612. The molecule has 2 N–H and O–H groups in total. The fourth-order valence-corrected chi connectivity index (χ4v) is 3.03. The maximum Gasteiger partial charge on any atom is 0.325 e. The van der Waals surface area contributed by atoms with Gasteiger partial charge in [-0.05, 0) is 42.8 Å². The first kappa shape index (κ1) is 20.7. The van der Waals surface area contributed by atoms with Crippen LogP contribution < -0.4 is 20.1 Å². The van der Waals surface area contributed by atoms with Crippen molar-refractivity contribution in [3.8, 4) is 11.5 Å². The summed E-state index contributed by atoms with van der Waals surface area (Å²) in [7, 11) is 0. The highest BCUT2D eigenvalue weighted by molar-refractivity contribution is 9.10. The van der Waals surface area contributed by atoms with Crippen LogP contribution in [-0.4, -0.2) is 37.7 Å². The number of carbonyl (C=O) groups excluding carboxylic acids is 3. The molecule has 3 rings (SSSR count). The SMILES string of the molecule is C[C@H](NC(=O)COC(=O)CNC(=O)c1cccc(Br)c1)c1ccc2c(c1)OCO2. The van der Waals surface area contributed by atoms with Crippen LogP contribution in [-0.2, 0) is 14.3 Å². The standard InChI is InChI=1S/C20H19BrN2O6/c1-12(13-5-6-16-17(8-13)29-11-28-16)23-18(24)10-27-19(25)9-22-20(26)14-3-2-4-15(21)7-14/h2-8,12H,9-11H2,1H3,(H,22,26)(H,23,24)/t12-/m0/s1. The zero-order valence-corrected chi connectivity index (χ0v) is 17.2. The average Bonchev–Trinajstić information content (AvgIpc) is 3.18. The summed E-state index contributed by atoms with van der Waals surface area (Å²) < 4.78 is 16.2. The Morgan fingerprint density at radius 1 is 1.14 bits per heavy atom. The Bertz CT molecular complexity index is 933. The van der Waals surface area contributed by atoms with E-state index in [1.165, 1.54) is 0 Å². The first-order chi connectivity index (χ1) is 13.9. The Labute approximate surface area is 175 Å². The number of carbonyl (C=O) groups is 3. The fraction of sp³-hybridized carbons (Fsp3) is 0.250. The van der Waals surface area contributed by atoms with Crippen molar-refractivity contribution in [3.63, 3.8) is 0 Å². The zero-order valence-electron chi connectivity index (χ0n) is 15.6. The Kier molecular flexibility index (Phi) is 6.71. The van der Waals surface area contributed by atoms with Crippen LogP contribution >= 0.6 is 15.9 Å². The van der Waals surface area contributed by atoms with Gasteiger partial charge in [0.05, 0.1) is 6.04 Å². The predicted molar refractivity (Wildman–Crippen MR) is 107 cm³/mol. The van der Waals surface area contributed by atoms with Crippen LogP contribution in [0.25, 0.3) is 0 Å². The van der Waals surface area contributed by atoms with Crippen LogP contribution in [0.5, 0.6) is 11.5 Å². The van der Waals surface area contributed by atoms with Crippen molar-refractivity contribution in [1.82, 2.24) is 10.6 Å². The van der Waals surface area contributed by atoms with Gasteiger partial charge in [-0.15, -0.1) is 0 Å². The summed E-state index contributed by atoms with van der Waals surface area (Å²) in [6.07, 6.45) is 0. The van der Waals surface area contributed by atoms with Gasteiger partial charge in [-0.1, -0.05) is 28.1 Å². The summed E-state index contributed by atoms with van der Waals surface area (Å²) >= 11 is 3.27. The lowest BCUT2D eigenvalue weighted by molar-refractivity contribution is -0.147. The van der Waals surface area contributed by atoms with Gasteiger partial charge < -0.3 is 24.8 Å². The number of halogens is 1. The number of ether oxygens (including phenoxy) is 3. The van der Waals surface area contributed by atoms with Crippen LogP contribution in [0.1, 0.15) is 28.9 Å². The molecule has 29 heavy (non-hydrogen) atoms. The van der Waals surface area contributed by atoms with Crippen LogP contribution in [0.15, 0.2) is 46.9 Å². The zero-order chi connectivity index (χ0) is 20.8. The van der Waals surface area contributed by atoms with Crippen molar-refractivity contribution >= 4 is 33.7 Å². The molecule has 0 saturated heterocycles. The van der Waals surface area contributed by atoms with Crippen LogP contribution in [0.4, 0.5) is 0 Å². The maximum absolute atomic E-state index is 12.0. The number of fused-ring (bicyclic) bond motifs is 1. The highest BCUT2D eigenvalue weighted by atomic mass is 79.9. The molecular weight excluding hydrogens is 444 g/mol. The van der Waals surface area contributed by atoms with Crippen molar-refractivity contribution in [2.75, 3.05) is 19.9 Å². The van der Waals surface area contributed by atoms with Crippen molar-refractivity contribution in [3.05, 3.63) is 58.1 Å². The highest BCUT2D eigenvalue weighted by Crippen LogP contribution is 2.34. The molecule has 0 radical (unpaired) electrons. The largest absolute Gasteiger partial charge is 0.454 e. The van der Waals surface area contributed by atoms with Gasteiger partial charge in [0.1, 0.15) is 6.54 Å². The molecule has 1 aliphatic rings. The van der Waals surface area contributed by atoms with Gasteiger partial charge in [0.2, 0.25) is 6.79 Å². The Balaban J connectivity index is 1.40. The van der Waals surface area contributed by atoms with E-state index in [0.717, 1.165) is 10.0 Å².